The van der Waals surface area contributed by atoms with Crippen molar-refractivity contribution in [2.24, 2.45) is 0 Å². The van der Waals surface area contributed by atoms with Crippen molar-refractivity contribution >= 4 is 29.1 Å². The Morgan fingerprint density at radius 2 is 1.70 bits per heavy atom. The van der Waals surface area contributed by atoms with E-state index in [0.29, 0.717) is 30.3 Å². The number of hydrogen-bond donors (Lipinski definition) is 1. The number of hydrogen-bond acceptors (Lipinski definition) is 5. The number of benzene rings is 2. The minimum absolute atomic E-state index is 0.0381. The van der Waals surface area contributed by atoms with Gasteiger partial charge in [-0.3, -0.25) is 9.59 Å². The van der Waals surface area contributed by atoms with Crippen LogP contribution >= 0.6 is 11.6 Å². The van der Waals surface area contributed by atoms with Crippen molar-refractivity contribution in [1.29, 1.82) is 0 Å². The van der Waals surface area contributed by atoms with E-state index in [1.54, 1.807) is 23.1 Å². The number of aliphatic hydroxyl groups is 1. The molecule has 1 heterocycles. The van der Waals surface area contributed by atoms with Crippen LogP contribution in [0.2, 0.25) is 5.02 Å². The topological polar surface area (TPSA) is 76.1 Å². The summed E-state index contributed by atoms with van der Waals surface area (Å²) < 4.78 is 11.2. The van der Waals surface area contributed by atoms with Crippen molar-refractivity contribution in [2.45, 2.75) is 51.6 Å². The molecule has 1 aliphatic carbocycles. The second-order valence-corrected chi connectivity index (χ2v) is 8.63. The zero-order valence-electron chi connectivity index (χ0n) is 18.8. The van der Waals surface area contributed by atoms with E-state index in [-0.39, 0.29) is 28.0 Å². The number of rotatable bonds is 7. The Morgan fingerprint density at radius 3 is 2.36 bits per heavy atom. The summed E-state index contributed by atoms with van der Waals surface area (Å²) in [7, 11) is 0. The normalized spacial score (nSPS) is 20.5. The zero-order valence-corrected chi connectivity index (χ0v) is 19.6. The average Bonchev–Trinajstić information content (AvgIpc) is 3.42. The smallest absolute Gasteiger partial charge is 0.295 e. The molecule has 0 spiro atoms. The molecule has 2 aromatic carbocycles. The van der Waals surface area contributed by atoms with Crippen LogP contribution < -0.4 is 9.47 Å². The molecule has 1 aliphatic heterocycles. The van der Waals surface area contributed by atoms with Gasteiger partial charge in [0, 0.05) is 11.6 Å². The van der Waals surface area contributed by atoms with Gasteiger partial charge in [-0.15, -0.1) is 0 Å². The fourth-order valence-corrected chi connectivity index (χ4v) is 4.97. The molecular formula is C26H28ClNO5. The minimum atomic E-state index is -0.722. The maximum Gasteiger partial charge on any atom is 0.295 e. The number of carbonyl (C=O) groups is 2. The molecule has 1 N–H and O–H groups in total. The van der Waals surface area contributed by atoms with Crippen LogP contribution in [0.3, 0.4) is 0 Å². The largest absolute Gasteiger partial charge is 0.507 e. The Balaban J connectivity index is 1.89. The van der Waals surface area contributed by atoms with E-state index in [9.17, 15) is 14.7 Å². The number of amides is 1. The molecule has 0 aromatic heterocycles. The molecule has 2 aliphatic rings. The molecule has 1 atom stereocenters. The van der Waals surface area contributed by atoms with Gasteiger partial charge < -0.3 is 19.5 Å². The fourth-order valence-electron chi connectivity index (χ4n) is 4.76. The van der Waals surface area contributed by atoms with E-state index in [4.69, 9.17) is 21.1 Å². The van der Waals surface area contributed by atoms with Crippen LogP contribution in [-0.4, -0.2) is 41.0 Å². The SMILES string of the molecule is CCOc1cccc(C2/C(=C(\O)c3cc(OCC)ccc3Cl)C(=O)C(=O)N2C2CCCC2)c1. The third-order valence-electron chi connectivity index (χ3n) is 6.19. The number of ketones is 1. The van der Waals surface area contributed by atoms with Gasteiger partial charge in [-0.2, -0.15) is 0 Å². The monoisotopic (exact) mass is 469 g/mol. The highest BCUT2D eigenvalue weighted by Crippen LogP contribution is 2.45. The van der Waals surface area contributed by atoms with E-state index in [2.05, 4.69) is 0 Å². The molecule has 4 rings (SSSR count). The zero-order chi connectivity index (χ0) is 23.5. The lowest BCUT2D eigenvalue weighted by Crippen LogP contribution is -2.37. The third-order valence-corrected chi connectivity index (χ3v) is 6.52. The van der Waals surface area contributed by atoms with Crippen LogP contribution in [0.1, 0.15) is 56.7 Å². The van der Waals surface area contributed by atoms with Crippen molar-refractivity contribution in [3.8, 4) is 11.5 Å². The van der Waals surface area contributed by atoms with Crippen molar-refractivity contribution in [2.75, 3.05) is 13.2 Å². The second-order valence-electron chi connectivity index (χ2n) is 8.22. The molecule has 0 radical (unpaired) electrons. The lowest BCUT2D eigenvalue weighted by Gasteiger charge is -2.31. The molecule has 1 unspecified atom stereocenters. The van der Waals surface area contributed by atoms with E-state index in [0.717, 1.165) is 25.7 Å². The summed E-state index contributed by atoms with van der Waals surface area (Å²) >= 11 is 6.40. The Hall–Kier alpha value is -2.99. The maximum absolute atomic E-state index is 13.3. The summed E-state index contributed by atoms with van der Waals surface area (Å²) in [6, 6.07) is 11.5. The Kier molecular flexibility index (Phi) is 6.94. The number of ether oxygens (including phenoxy) is 2. The van der Waals surface area contributed by atoms with E-state index in [1.807, 2.05) is 38.1 Å². The number of Topliss-reactive ketones (excluding diaryl/α,β-unsaturated/α-hetero) is 1. The van der Waals surface area contributed by atoms with E-state index >= 15 is 0 Å². The molecule has 1 saturated carbocycles. The molecule has 174 valence electrons. The lowest BCUT2D eigenvalue weighted by molar-refractivity contribution is -0.141. The second kappa shape index (κ2) is 9.87. The van der Waals surface area contributed by atoms with Crippen molar-refractivity contribution in [3.05, 3.63) is 64.2 Å². The summed E-state index contributed by atoms with van der Waals surface area (Å²) in [4.78, 5) is 28.2. The first kappa shape index (κ1) is 23.2. The van der Waals surface area contributed by atoms with Gasteiger partial charge in [-0.1, -0.05) is 36.6 Å². The van der Waals surface area contributed by atoms with Gasteiger partial charge in [0.1, 0.15) is 17.3 Å². The maximum atomic E-state index is 13.3. The number of halogens is 1. The molecule has 2 aromatic rings. The summed E-state index contributed by atoms with van der Waals surface area (Å²) in [6.45, 7) is 4.68. The van der Waals surface area contributed by atoms with Gasteiger partial charge >= 0.3 is 0 Å². The fraction of sp³-hybridized carbons (Fsp3) is 0.385. The number of likely N-dealkylation sites (tertiary alicyclic amines) is 1. The van der Waals surface area contributed by atoms with Crippen LogP contribution in [0.4, 0.5) is 0 Å². The van der Waals surface area contributed by atoms with Gasteiger partial charge in [-0.25, -0.2) is 0 Å². The molecule has 2 fully saturated rings. The molecular weight excluding hydrogens is 442 g/mol. The van der Waals surface area contributed by atoms with Gasteiger partial charge in [0.15, 0.2) is 0 Å². The predicted octanol–water partition coefficient (Wildman–Crippen LogP) is 5.50. The summed E-state index contributed by atoms with van der Waals surface area (Å²) in [5.74, 6) is -0.435. The number of aliphatic hydroxyl groups excluding tert-OH is 1. The van der Waals surface area contributed by atoms with Crippen molar-refractivity contribution in [1.82, 2.24) is 4.90 Å². The average molecular weight is 470 g/mol. The molecule has 33 heavy (non-hydrogen) atoms. The number of carbonyl (C=O) groups excluding carboxylic acids is 2. The Morgan fingerprint density at radius 1 is 1.03 bits per heavy atom. The Bertz CT molecular complexity index is 1090. The first-order valence-electron chi connectivity index (χ1n) is 11.4. The van der Waals surface area contributed by atoms with Crippen LogP contribution in [0.5, 0.6) is 11.5 Å². The highest BCUT2D eigenvalue weighted by atomic mass is 35.5. The third kappa shape index (κ3) is 4.44. The van der Waals surface area contributed by atoms with E-state index in [1.165, 1.54) is 0 Å². The summed E-state index contributed by atoms with van der Waals surface area (Å²) in [6.07, 6.45) is 3.66. The van der Waals surface area contributed by atoms with Crippen LogP contribution in [-0.2, 0) is 9.59 Å². The van der Waals surface area contributed by atoms with Gasteiger partial charge in [0.25, 0.3) is 11.7 Å². The predicted molar refractivity (Wildman–Crippen MR) is 127 cm³/mol. The first-order chi connectivity index (χ1) is 16.0. The van der Waals surface area contributed by atoms with Crippen LogP contribution in [0.15, 0.2) is 48.0 Å². The summed E-state index contributed by atoms with van der Waals surface area (Å²) in [5, 5.41) is 11.6. The molecule has 0 bridgehead atoms. The number of nitrogens with zero attached hydrogens (tertiary/aromatic N) is 1. The highest BCUT2D eigenvalue weighted by Gasteiger charge is 2.49. The highest BCUT2D eigenvalue weighted by molar-refractivity contribution is 6.47. The van der Waals surface area contributed by atoms with Gasteiger partial charge in [-0.05, 0) is 62.6 Å². The van der Waals surface area contributed by atoms with Crippen molar-refractivity contribution in [3.63, 3.8) is 0 Å². The molecule has 6 nitrogen and oxygen atoms in total. The standard InChI is InChI=1S/C26H28ClNO5/c1-3-32-18-11-7-8-16(14-18)23-22(25(30)26(31)28(23)17-9-5-6-10-17)24(29)20-15-19(33-4-2)12-13-21(20)27/h7-8,11-15,17,23,29H,3-6,9-10H2,1-2H3/b24-22+. The van der Waals surface area contributed by atoms with Crippen LogP contribution in [0, 0.1) is 0 Å². The minimum Gasteiger partial charge on any atom is -0.507 e. The van der Waals surface area contributed by atoms with Gasteiger partial charge in [0.05, 0.1) is 29.9 Å². The van der Waals surface area contributed by atoms with E-state index < -0.39 is 17.7 Å². The summed E-state index contributed by atoms with van der Waals surface area (Å²) in [5.41, 5.74) is 1.01. The van der Waals surface area contributed by atoms with Crippen molar-refractivity contribution < 1.29 is 24.2 Å². The molecule has 7 heteroatoms. The molecule has 1 amide bonds. The first-order valence-corrected chi connectivity index (χ1v) is 11.8. The lowest BCUT2D eigenvalue weighted by atomic mass is 9.94. The Labute approximate surface area is 198 Å². The quantitative estimate of drug-likeness (QED) is 0.329. The molecule has 1 saturated heterocycles. The van der Waals surface area contributed by atoms with Crippen LogP contribution in [0.25, 0.3) is 5.76 Å². The van der Waals surface area contributed by atoms with Gasteiger partial charge in [0.2, 0.25) is 0 Å².